The van der Waals surface area contributed by atoms with Gasteiger partial charge in [-0.1, -0.05) is 29.8 Å². The van der Waals surface area contributed by atoms with Crippen molar-refractivity contribution in [2.75, 3.05) is 19.0 Å². The van der Waals surface area contributed by atoms with Crippen LogP contribution in [0, 0.1) is 0 Å². The Morgan fingerprint density at radius 2 is 1.70 bits per heavy atom. The zero-order valence-corrected chi connectivity index (χ0v) is 12.1. The molecular formula is C16H16ClNO2. The van der Waals surface area contributed by atoms with E-state index >= 15 is 0 Å². The number of carbonyl (C=O) groups is 1. The lowest BCUT2D eigenvalue weighted by Gasteiger charge is -2.14. The SMILES string of the molecule is CN(C)c1ccc(C(=O)C(O)c2ccccc2Cl)cc1. The van der Waals surface area contributed by atoms with E-state index in [1.165, 1.54) is 0 Å². The molecule has 1 atom stereocenters. The number of nitrogens with zero attached hydrogens (tertiary/aromatic N) is 1. The van der Waals surface area contributed by atoms with Gasteiger partial charge in [-0.05, 0) is 30.3 Å². The summed E-state index contributed by atoms with van der Waals surface area (Å²) in [6, 6.07) is 13.9. The highest BCUT2D eigenvalue weighted by molar-refractivity contribution is 6.31. The third-order valence-electron chi connectivity index (χ3n) is 3.12. The number of hydrogen-bond acceptors (Lipinski definition) is 3. The molecule has 0 aliphatic carbocycles. The van der Waals surface area contributed by atoms with Crippen LogP contribution in [0.3, 0.4) is 0 Å². The van der Waals surface area contributed by atoms with E-state index in [4.69, 9.17) is 11.6 Å². The Hall–Kier alpha value is -1.84. The molecule has 0 amide bonds. The fraction of sp³-hybridized carbons (Fsp3) is 0.188. The third-order valence-corrected chi connectivity index (χ3v) is 3.46. The average Bonchev–Trinajstić information content (AvgIpc) is 2.46. The fourth-order valence-electron chi connectivity index (χ4n) is 1.92. The Labute approximate surface area is 123 Å². The summed E-state index contributed by atoms with van der Waals surface area (Å²) in [6.07, 6.45) is -1.24. The lowest BCUT2D eigenvalue weighted by molar-refractivity contribution is 0.0747. The zero-order valence-electron chi connectivity index (χ0n) is 11.4. The van der Waals surface area contributed by atoms with Crippen molar-refractivity contribution in [1.29, 1.82) is 0 Å². The number of aliphatic hydroxyl groups excluding tert-OH is 1. The molecule has 0 saturated heterocycles. The first-order valence-corrected chi connectivity index (χ1v) is 6.62. The summed E-state index contributed by atoms with van der Waals surface area (Å²) in [5.74, 6) is -0.358. The summed E-state index contributed by atoms with van der Waals surface area (Å²) < 4.78 is 0. The summed E-state index contributed by atoms with van der Waals surface area (Å²) >= 11 is 6.00. The van der Waals surface area contributed by atoms with E-state index in [0.717, 1.165) is 5.69 Å². The summed E-state index contributed by atoms with van der Waals surface area (Å²) in [7, 11) is 3.85. The standard InChI is InChI=1S/C16H16ClNO2/c1-18(2)12-9-7-11(8-10-12)15(19)16(20)13-5-3-4-6-14(13)17/h3-10,16,20H,1-2H3. The average molecular weight is 290 g/mol. The van der Waals surface area contributed by atoms with E-state index in [1.807, 2.05) is 31.1 Å². The molecule has 3 nitrogen and oxygen atoms in total. The van der Waals surface area contributed by atoms with Gasteiger partial charge in [0.1, 0.15) is 6.10 Å². The highest BCUT2D eigenvalue weighted by Crippen LogP contribution is 2.26. The molecule has 1 unspecified atom stereocenters. The van der Waals surface area contributed by atoms with Crippen molar-refractivity contribution >= 4 is 23.1 Å². The second-order valence-electron chi connectivity index (χ2n) is 4.73. The van der Waals surface area contributed by atoms with Gasteiger partial charge in [0.05, 0.1) is 0 Å². The van der Waals surface area contributed by atoms with Crippen molar-refractivity contribution in [2.24, 2.45) is 0 Å². The minimum absolute atomic E-state index is 0.358. The molecule has 0 aliphatic heterocycles. The van der Waals surface area contributed by atoms with Gasteiger partial charge in [0, 0.05) is 35.9 Å². The van der Waals surface area contributed by atoms with Crippen LogP contribution in [-0.4, -0.2) is 25.0 Å². The van der Waals surface area contributed by atoms with Crippen LogP contribution >= 0.6 is 11.6 Å². The van der Waals surface area contributed by atoms with Gasteiger partial charge < -0.3 is 10.0 Å². The summed E-state index contributed by atoms with van der Waals surface area (Å²) in [5, 5.41) is 10.5. The van der Waals surface area contributed by atoms with Crippen LogP contribution in [-0.2, 0) is 0 Å². The molecule has 20 heavy (non-hydrogen) atoms. The quantitative estimate of drug-likeness (QED) is 0.878. The predicted molar refractivity (Wildman–Crippen MR) is 81.5 cm³/mol. The number of aliphatic hydroxyl groups is 1. The van der Waals surface area contributed by atoms with Gasteiger partial charge in [-0.15, -0.1) is 0 Å². The number of ketones is 1. The van der Waals surface area contributed by atoms with E-state index in [2.05, 4.69) is 0 Å². The Balaban J connectivity index is 2.25. The Morgan fingerprint density at radius 1 is 1.10 bits per heavy atom. The Bertz CT molecular complexity index is 608. The molecule has 0 spiro atoms. The van der Waals surface area contributed by atoms with Crippen molar-refractivity contribution in [3.05, 3.63) is 64.7 Å². The second kappa shape index (κ2) is 6.07. The minimum atomic E-state index is -1.24. The molecule has 0 aromatic heterocycles. The van der Waals surface area contributed by atoms with Crippen molar-refractivity contribution in [3.8, 4) is 0 Å². The van der Waals surface area contributed by atoms with Gasteiger partial charge in [0.2, 0.25) is 0 Å². The van der Waals surface area contributed by atoms with Crippen LogP contribution in [0.5, 0.6) is 0 Å². The molecular weight excluding hydrogens is 274 g/mol. The van der Waals surface area contributed by atoms with Gasteiger partial charge in [-0.2, -0.15) is 0 Å². The summed E-state index contributed by atoms with van der Waals surface area (Å²) in [6.45, 7) is 0. The molecule has 0 radical (unpaired) electrons. The highest BCUT2D eigenvalue weighted by Gasteiger charge is 2.21. The van der Waals surface area contributed by atoms with Crippen molar-refractivity contribution in [2.45, 2.75) is 6.10 Å². The first-order valence-electron chi connectivity index (χ1n) is 6.25. The molecule has 0 aliphatic rings. The van der Waals surface area contributed by atoms with E-state index in [-0.39, 0.29) is 5.78 Å². The second-order valence-corrected chi connectivity index (χ2v) is 5.14. The van der Waals surface area contributed by atoms with Crippen LogP contribution in [0.4, 0.5) is 5.69 Å². The fourth-order valence-corrected chi connectivity index (χ4v) is 2.16. The Morgan fingerprint density at radius 3 is 2.25 bits per heavy atom. The van der Waals surface area contributed by atoms with Gasteiger partial charge in [0.25, 0.3) is 0 Å². The van der Waals surface area contributed by atoms with Crippen LogP contribution < -0.4 is 4.90 Å². The summed E-state index contributed by atoms with van der Waals surface area (Å²) in [4.78, 5) is 14.2. The van der Waals surface area contributed by atoms with Crippen molar-refractivity contribution in [3.63, 3.8) is 0 Å². The van der Waals surface area contributed by atoms with E-state index in [0.29, 0.717) is 16.1 Å². The maximum Gasteiger partial charge on any atom is 0.195 e. The first-order chi connectivity index (χ1) is 9.50. The highest BCUT2D eigenvalue weighted by atomic mass is 35.5. The van der Waals surface area contributed by atoms with Crippen LogP contribution in [0.15, 0.2) is 48.5 Å². The normalized spacial score (nSPS) is 12.0. The minimum Gasteiger partial charge on any atom is -0.380 e. The molecule has 0 bridgehead atoms. The molecule has 2 rings (SSSR count). The van der Waals surface area contributed by atoms with Crippen LogP contribution in [0.2, 0.25) is 5.02 Å². The van der Waals surface area contributed by atoms with Crippen molar-refractivity contribution in [1.82, 2.24) is 0 Å². The van der Waals surface area contributed by atoms with Crippen LogP contribution in [0.25, 0.3) is 0 Å². The number of benzene rings is 2. The topological polar surface area (TPSA) is 40.5 Å². The molecule has 0 saturated carbocycles. The van der Waals surface area contributed by atoms with Gasteiger partial charge in [-0.25, -0.2) is 0 Å². The lowest BCUT2D eigenvalue weighted by atomic mass is 10.00. The number of anilines is 1. The first kappa shape index (κ1) is 14.6. The van der Waals surface area contributed by atoms with E-state index in [9.17, 15) is 9.90 Å². The Kier molecular flexibility index (Phi) is 4.42. The van der Waals surface area contributed by atoms with Gasteiger partial charge in [0.15, 0.2) is 5.78 Å². The molecule has 4 heteroatoms. The molecule has 2 aromatic rings. The molecule has 0 fully saturated rings. The lowest BCUT2D eigenvalue weighted by Crippen LogP contribution is -2.13. The number of rotatable bonds is 4. The molecule has 0 heterocycles. The van der Waals surface area contributed by atoms with Crippen LogP contribution in [0.1, 0.15) is 22.0 Å². The van der Waals surface area contributed by atoms with Gasteiger partial charge in [-0.3, -0.25) is 4.79 Å². The molecule has 2 aromatic carbocycles. The van der Waals surface area contributed by atoms with Gasteiger partial charge >= 0.3 is 0 Å². The maximum atomic E-state index is 12.3. The summed E-state index contributed by atoms with van der Waals surface area (Å²) in [5.41, 5.74) is 1.88. The van der Waals surface area contributed by atoms with Crippen molar-refractivity contribution < 1.29 is 9.90 Å². The number of Topliss-reactive ketones (excluding diaryl/α,β-unsaturated/α-hetero) is 1. The number of halogens is 1. The molecule has 104 valence electrons. The van der Waals surface area contributed by atoms with E-state index in [1.54, 1.807) is 36.4 Å². The smallest absolute Gasteiger partial charge is 0.195 e. The number of carbonyl (C=O) groups excluding carboxylic acids is 1. The zero-order chi connectivity index (χ0) is 14.7. The predicted octanol–water partition coefficient (Wildman–Crippen LogP) is 3.32. The third kappa shape index (κ3) is 3.00. The monoisotopic (exact) mass is 289 g/mol. The molecule has 1 N–H and O–H groups in total. The van der Waals surface area contributed by atoms with E-state index < -0.39 is 6.10 Å². The number of hydrogen-bond donors (Lipinski definition) is 1. The maximum absolute atomic E-state index is 12.3. The largest absolute Gasteiger partial charge is 0.380 e.